The number of rotatable bonds is 4. The molecule has 0 atom stereocenters. The molecule has 2 heterocycles. The zero-order valence-electron chi connectivity index (χ0n) is 11.3. The van der Waals surface area contributed by atoms with Crippen molar-refractivity contribution in [1.29, 1.82) is 0 Å². The predicted octanol–water partition coefficient (Wildman–Crippen LogP) is 2.64. The van der Waals surface area contributed by atoms with Crippen LogP contribution in [0.3, 0.4) is 0 Å². The van der Waals surface area contributed by atoms with Crippen molar-refractivity contribution in [3.63, 3.8) is 0 Å². The highest BCUT2D eigenvalue weighted by atomic mass is 35.5. The molecule has 20 heavy (non-hydrogen) atoms. The Bertz CT molecular complexity index is 510. The van der Waals surface area contributed by atoms with E-state index in [4.69, 9.17) is 9.26 Å². The number of hydrogen-bond donors (Lipinski definition) is 0. The first-order chi connectivity index (χ1) is 9.42. The minimum Gasteiger partial charge on any atom is -0.379 e. The Morgan fingerprint density at radius 1 is 1.10 bits per heavy atom. The van der Waals surface area contributed by atoms with E-state index in [9.17, 15) is 0 Å². The van der Waals surface area contributed by atoms with Crippen LogP contribution in [0.5, 0.6) is 0 Å². The molecule has 0 spiro atoms. The van der Waals surface area contributed by atoms with Gasteiger partial charge in [-0.25, -0.2) is 0 Å². The fourth-order valence-corrected chi connectivity index (χ4v) is 2.27. The quantitative estimate of drug-likeness (QED) is 0.869. The van der Waals surface area contributed by atoms with Crippen LogP contribution in [-0.2, 0) is 11.2 Å². The Morgan fingerprint density at radius 2 is 1.85 bits per heavy atom. The Morgan fingerprint density at radius 3 is 2.60 bits per heavy atom. The minimum atomic E-state index is 0. The second-order valence-corrected chi connectivity index (χ2v) is 4.75. The van der Waals surface area contributed by atoms with Gasteiger partial charge in [-0.1, -0.05) is 35.5 Å². The molecule has 0 saturated carbocycles. The Hall–Kier alpha value is -1.36. The number of aromatic nitrogens is 1. The first-order valence-corrected chi connectivity index (χ1v) is 6.73. The monoisotopic (exact) mass is 294 g/mol. The lowest BCUT2D eigenvalue weighted by Crippen LogP contribution is -2.37. The molecule has 0 aliphatic carbocycles. The van der Waals surface area contributed by atoms with Gasteiger partial charge in [-0.3, -0.25) is 4.90 Å². The molecule has 0 radical (unpaired) electrons. The van der Waals surface area contributed by atoms with Gasteiger partial charge in [0.1, 0.15) is 11.5 Å². The first kappa shape index (κ1) is 15.0. The van der Waals surface area contributed by atoms with Crippen LogP contribution in [0.2, 0.25) is 0 Å². The summed E-state index contributed by atoms with van der Waals surface area (Å²) < 4.78 is 10.7. The van der Waals surface area contributed by atoms with Crippen LogP contribution < -0.4 is 0 Å². The molecule has 1 saturated heterocycles. The lowest BCUT2D eigenvalue weighted by Gasteiger charge is -2.25. The standard InChI is InChI=1S/C15H18N2O2.ClH/c1-2-4-13(5-3-1)15-12-14(19-16-15)6-7-17-8-10-18-11-9-17;/h1-5,12H,6-11H2;1H. The van der Waals surface area contributed by atoms with Gasteiger partial charge in [0.15, 0.2) is 0 Å². The number of nitrogens with zero attached hydrogens (tertiary/aromatic N) is 2. The van der Waals surface area contributed by atoms with Gasteiger partial charge in [0.25, 0.3) is 0 Å². The molecule has 0 unspecified atom stereocenters. The topological polar surface area (TPSA) is 38.5 Å². The van der Waals surface area contributed by atoms with Gasteiger partial charge in [-0.05, 0) is 0 Å². The minimum absolute atomic E-state index is 0. The summed E-state index contributed by atoms with van der Waals surface area (Å²) in [6.07, 6.45) is 0.903. The highest BCUT2D eigenvalue weighted by Gasteiger charge is 2.12. The van der Waals surface area contributed by atoms with Crippen molar-refractivity contribution >= 4 is 12.4 Å². The molecule has 3 rings (SSSR count). The molecule has 1 fully saturated rings. The van der Waals surface area contributed by atoms with Gasteiger partial charge in [0.2, 0.25) is 0 Å². The maximum atomic E-state index is 5.40. The van der Waals surface area contributed by atoms with Crippen molar-refractivity contribution in [3.8, 4) is 11.3 Å². The number of halogens is 1. The first-order valence-electron chi connectivity index (χ1n) is 6.73. The number of morpholine rings is 1. The van der Waals surface area contributed by atoms with E-state index in [2.05, 4.69) is 10.1 Å². The van der Waals surface area contributed by atoms with Crippen LogP contribution in [-0.4, -0.2) is 42.9 Å². The van der Waals surface area contributed by atoms with Crippen molar-refractivity contribution < 1.29 is 9.26 Å². The predicted molar refractivity (Wildman–Crippen MR) is 80.2 cm³/mol. The van der Waals surface area contributed by atoms with Crippen LogP contribution >= 0.6 is 12.4 Å². The Labute approximate surface area is 125 Å². The summed E-state index contributed by atoms with van der Waals surface area (Å²) in [5.41, 5.74) is 2.02. The SMILES string of the molecule is Cl.c1ccc(-c2cc(CCN3CCOCC3)on2)cc1. The van der Waals surface area contributed by atoms with Crippen LogP contribution in [0.25, 0.3) is 11.3 Å². The van der Waals surface area contributed by atoms with Gasteiger partial charge in [0.05, 0.1) is 13.2 Å². The maximum Gasteiger partial charge on any atom is 0.138 e. The van der Waals surface area contributed by atoms with Gasteiger partial charge >= 0.3 is 0 Å². The third-order valence-electron chi connectivity index (χ3n) is 3.41. The molecule has 108 valence electrons. The summed E-state index contributed by atoms with van der Waals surface area (Å²) in [6, 6.07) is 12.2. The molecular formula is C15H19ClN2O2. The third kappa shape index (κ3) is 3.82. The van der Waals surface area contributed by atoms with E-state index in [1.807, 2.05) is 36.4 Å². The van der Waals surface area contributed by atoms with Crippen molar-refractivity contribution in [1.82, 2.24) is 10.1 Å². The summed E-state index contributed by atoms with van der Waals surface area (Å²) in [5.74, 6) is 0.949. The van der Waals surface area contributed by atoms with Gasteiger partial charge < -0.3 is 9.26 Å². The van der Waals surface area contributed by atoms with Gasteiger partial charge in [-0.2, -0.15) is 0 Å². The zero-order valence-corrected chi connectivity index (χ0v) is 12.1. The smallest absolute Gasteiger partial charge is 0.138 e. The molecule has 5 heteroatoms. The average Bonchev–Trinajstić information content (AvgIpc) is 2.96. The van der Waals surface area contributed by atoms with Gasteiger partial charge in [-0.15, -0.1) is 12.4 Å². The van der Waals surface area contributed by atoms with Crippen molar-refractivity contribution in [2.45, 2.75) is 6.42 Å². The largest absolute Gasteiger partial charge is 0.379 e. The van der Waals surface area contributed by atoms with E-state index in [1.54, 1.807) is 0 Å². The lowest BCUT2D eigenvalue weighted by molar-refractivity contribution is 0.0377. The fraction of sp³-hybridized carbons (Fsp3) is 0.400. The molecule has 1 aromatic heterocycles. The van der Waals surface area contributed by atoms with E-state index < -0.39 is 0 Å². The van der Waals surface area contributed by atoms with Crippen LogP contribution in [0.15, 0.2) is 40.9 Å². The molecule has 1 aliphatic heterocycles. The average molecular weight is 295 g/mol. The zero-order chi connectivity index (χ0) is 12.9. The Kier molecular flexibility index (Phi) is 5.59. The van der Waals surface area contributed by atoms with Crippen molar-refractivity contribution in [2.24, 2.45) is 0 Å². The molecule has 0 bridgehead atoms. The number of benzene rings is 1. The van der Waals surface area contributed by atoms with E-state index in [0.29, 0.717) is 0 Å². The van der Waals surface area contributed by atoms with Crippen LogP contribution in [0.1, 0.15) is 5.76 Å². The molecule has 1 aromatic carbocycles. The third-order valence-corrected chi connectivity index (χ3v) is 3.41. The second-order valence-electron chi connectivity index (χ2n) is 4.75. The van der Waals surface area contributed by atoms with E-state index in [1.165, 1.54) is 0 Å². The molecule has 4 nitrogen and oxygen atoms in total. The highest BCUT2D eigenvalue weighted by molar-refractivity contribution is 5.85. The highest BCUT2D eigenvalue weighted by Crippen LogP contribution is 2.18. The van der Waals surface area contributed by atoms with Crippen molar-refractivity contribution in [2.75, 3.05) is 32.8 Å². The van der Waals surface area contributed by atoms with E-state index in [0.717, 1.165) is 56.3 Å². The summed E-state index contributed by atoms with van der Waals surface area (Å²) >= 11 is 0. The van der Waals surface area contributed by atoms with E-state index >= 15 is 0 Å². The number of ether oxygens (including phenoxy) is 1. The molecule has 1 aliphatic rings. The summed E-state index contributed by atoms with van der Waals surface area (Å²) in [6.45, 7) is 4.71. The molecule has 0 amide bonds. The van der Waals surface area contributed by atoms with Crippen LogP contribution in [0.4, 0.5) is 0 Å². The molecular weight excluding hydrogens is 276 g/mol. The van der Waals surface area contributed by atoms with Crippen LogP contribution in [0, 0.1) is 0 Å². The normalized spacial score (nSPS) is 15.8. The summed E-state index contributed by atoms with van der Waals surface area (Å²) in [5, 5.41) is 4.13. The second kappa shape index (κ2) is 7.43. The van der Waals surface area contributed by atoms with Gasteiger partial charge in [0, 0.05) is 37.7 Å². The fourth-order valence-electron chi connectivity index (χ4n) is 2.27. The van der Waals surface area contributed by atoms with Crippen molar-refractivity contribution in [3.05, 3.63) is 42.2 Å². The lowest BCUT2D eigenvalue weighted by atomic mass is 10.1. The summed E-state index contributed by atoms with van der Waals surface area (Å²) in [4.78, 5) is 2.40. The number of hydrogen-bond acceptors (Lipinski definition) is 4. The maximum absolute atomic E-state index is 5.40. The molecule has 0 N–H and O–H groups in total. The summed E-state index contributed by atoms with van der Waals surface area (Å²) in [7, 11) is 0. The molecule has 2 aromatic rings. The van der Waals surface area contributed by atoms with E-state index in [-0.39, 0.29) is 12.4 Å². The Balaban J connectivity index is 0.00000147.